The minimum Gasteiger partial charge on any atom is -0.465 e. The Kier molecular flexibility index (Phi) is 8.06. The Labute approximate surface area is 105 Å². The second-order valence-corrected chi connectivity index (χ2v) is 5.00. The minimum absolute atomic E-state index is 0.0904. The average molecular weight is 241 g/mol. The average Bonchev–Trinajstić information content (AvgIpc) is 2.84. The van der Waals surface area contributed by atoms with Crippen LogP contribution in [0.1, 0.15) is 64.7 Å². The van der Waals surface area contributed by atoms with Gasteiger partial charge in [0.15, 0.2) is 0 Å². The second kappa shape index (κ2) is 9.46. The van der Waals surface area contributed by atoms with E-state index in [1.807, 2.05) is 0 Å². The van der Waals surface area contributed by atoms with E-state index in [0.717, 1.165) is 6.42 Å². The highest BCUT2D eigenvalue weighted by Gasteiger charge is 2.15. The summed E-state index contributed by atoms with van der Waals surface area (Å²) in [4.78, 5) is 11.4. The van der Waals surface area contributed by atoms with Gasteiger partial charge in [0.25, 0.3) is 0 Å². The standard InChI is InChI=1S/C14H27NO2/c1-2-3-4-5-8-11-17-14(16)12-15-13-9-6-7-10-13/h13,15H,2-12H2,1H3. The molecule has 1 fully saturated rings. The van der Waals surface area contributed by atoms with Gasteiger partial charge in [-0.2, -0.15) is 0 Å². The summed E-state index contributed by atoms with van der Waals surface area (Å²) >= 11 is 0. The lowest BCUT2D eigenvalue weighted by molar-refractivity contribution is -0.142. The van der Waals surface area contributed by atoms with Crippen LogP contribution >= 0.6 is 0 Å². The third-order valence-electron chi connectivity index (χ3n) is 3.40. The molecular formula is C14H27NO2. The van der Waals surface area contributed by atoms with Crippen molar-refractivity contribution in [2.24, 2.45) is 0 Å². The zero-order chi connectivity index (χ0) is 12.3. The molecule has 0 aliphatic heterocycles. The van der Waals surface area contributed by atoms with Crippen LogP contribution in [-0.2, 0) is 9.53 Å². The Balaban J connectivity index is 1.87. The van der Waals surface area contributed by atoms with Crippen LogP contribution < -0.4 is 5.32 Å². The van der Waals surface area contributed by atoms with Gasteiger partial charge in [-0.15, -0.1) is 0 Å². The van der Waals surface area contributed by atoms with Crippen LogP contribution in [0, 0.1) is 0 Å². The summed E-state index contributed by atoms with van der Waals surface area (Å²) in [6.45, 7) is 3.18. The van der Waals surface area contributed by atoms with Crippen LogP contribution in [0.25, 0.3) is 0 Å². The predicted molar refractivity (Wildman–Crippen MR) is 70.0 cm³/mol. The van der Waals surface area contributed by atoms with Crippen molar-refractivity contribution in [3.63, 3.8) is 0 Å². The molecular weight excluding hydrogens is 214 g/mol. The van der Waals surface area contributed by atoms with E-state index < -0.39 is 0 Å². The molecule has 0 unspecified atom stereocenters. The molecule has 0 radical (unpaired) electrons. The van der Waals surface area contributed by atoms with Gasteiger partial charge in [0, 0.05) is 6.04 Å². The monoisotopic (exact) mass is 241 g/mol. The number of nitrogens with one attached hydrogen (secondary N) is 1. The lowest BCUT2D eigenvalue weighted by Crippen LogP contribution is -2.32. The highest BCUT2D eigenvalue weighted by molar-refractivity contribution is 5.71. The summed E-state index contributed by atoms with van der Waals surface area (Å²) in [6.07, 6.45) is 11.0. The van der Waals surface area contributed by atoms with Gasteiger partial charge in [-0.1, -0.05) is 45.4 Å². The highest BCUT2D eigenvalue weighted by atomic mass is 16.5. The Morgan fingerprint density at radius 1 is 1.18 bits per heavy atom. The predicted octanol–water partition coefficient (Wildman–Crippen LogP) is 3.03. The maximum Gasteiger partial charge on any atom is 0.319 e. The van der Waals surface area contributed by atoms with E-state index in [0.29, 0.717) is 19.2 Å². The third kappa shape index (κ3) is 7.37. The lowest BCUT2D eigenvalue weighted by Gasteiger charge is -2.11. The lowest BCUT2D eigenvalue weighted by atomic mass is 10.2. The fraction of sp³-hybridized carbons (Fsp3) is 0.929. The molecule has 0 aromatic carbocycles. The largest absolute Gasteiger partial charge is 0.465 e. The number of rotatable bonds is 9. The number of hydrogen-bond acceptors (Lipinski definition) is 3. The topological polar surface area (TPSA) is 38.3 Å². The molecule has 1 rings (SSSR count). The first-order valence-electron chi connectivity index (χ1n) is 7.22. The van der Waals surface area contributed by atoms with Crippen LogP contribution in [0.3, 0.4) is 0 Å². The number of unbranched alkanes of at least 4 members (excludes halogenated alkanes) is 4. The summed E-state index contributed by atoms with van der Waals surface area (Å²) in [5.41, 5.74) is 0. The van der Waals surface area contributed by atoms with E-state index in [1.165, 1.54) is 51.4 Å². The van der Waals surface area contributed by atoms with Crippen LogP contribution in [0.2, 0.25) is 0 Å². The molecule has 3 nitrogen and oxygen atoms in total. The van der Waals surface area contributed by atoms with Gasteiger partial charge in [0.2, 0.25) is 0 Å². The first-order chi connectivity index (χ1) is 8.33. The minimum atomic E-state index is -0.0904. The van der Waals surface area contributed by atoms with Crippen molar-refractivity contribution in [3.8, 4) is 0 Å². The highest BCUT2D eigenvalue weighted by Crippen LogP contribution is 2.17. The van der Waals surface area contributed by atoms with Gasteiger partial charge in [0.05, 0.1) is 13.2 Å². The van der Waals surface area contributed by atoms with E-state index in [9.17, 15) is 4.79 Å². The molecule has 0 aromatic rings. The van der Waals surface area contributed by atoms with Gasteiger partial charge >= 0.3 is 5.97 Å². The fourth-order valence-corrected chi connectivity index (χ4v) is 2.30. The molecule has 0 saturated heterocycles. The maximum absolute atomic E-state index is 11.4. The van der Waals surface area contributed by atoms with Crippen molar-refractivity contribution in [1.29, 1.82) is 0 Å². The summed E-state index contributed by atoms with van der Waals surface area (Å²) in [5, 5.41) is 3.27. The van der Waals surface area contributed by atoms with E-state index in [4.69, 9.17) is 4.74 Å². The zero-order valence-electron chi connectivity index (χ0n) is 11.2. The van der Waals surface area contributed by atoms with E-state index in [2.05, 4.69) is 12.2 Å². The summed E-state index contributed by atoms with van der Waals surface area (Å²) in [5.74, 6) is -0.0904. The first kappa shape index (κ1) is 14.5. The van der Waals surface area contributed by atoms with E-state index in [-0.39, 0.29) is 5.97 Å². The Hall–Kier alpha value is -0.570. The molecule has 1 saturated carbocycles. The smallest absolute Gasteiger partial charge is 0.319 e. The number of carbonyl (C=O) groups is 1. The molecule has 0 heterocycles. The van der Waals surface area contributed by atoms with Crippen molar-refractivity contribution < 1.29 is 9.53 Å². The van der Waals surface area contributed by atoms with Crippen molar-refractivity contribution in [2.45, 2.75) is 70.8 Å². The van der Waals surface area contributed by atoms with Gasteiger partial charge in [-0.05, 0) is 19.3 Å². The van der Waals surface area contributed by atoms with Crippen LogP contribution in [0.15, 0.2) is 0 Å². The molecule has 1 aliphatic carbocycles. The molecule has 0 amide bonds. The van der Waals surface area contributed by atoms with Crippen LogP contribution in [0.5, 0.6) is 0 Å². The second-order valence-electron chi connectivity index (χ2n) is 5.00. The molecule has 0 bridgehead atoms. The van der Waals surface area contributed by atoms with E-state index in [1.54, 1.807) is 0 Å². The Morgan fingerprint density at radius 3 is 2.59 bits per heavy atom. The third-order valence-corrected chi connectivity index (χ3v) is 3.40. The summed E-state index contributed by atoms with van der Waals surface area (Å²) in [6, 6.07) is 0.548. The molecule has 17 heavy (non-hydrogen) atoms. The molecule has 1 aliphatic rings. The Bertz CT molecular complexity index is 200. The van der Waals surface area contributed by atoms with Gasteiger partial charge in [-0.25, -0.2) is 0 Å². The molecule has 1 N–H and O–H groups in total. The molecule has 3 heteroatoms. The maximum atomic E-state index is 11.4. The number of hydrogen-bond donors (Lipinski definition) is 1. The first-order valence-corrected chi connectivity index (χ1v) is 7.22. The van der Waals surface area contributed by atoms with Crippen molar-refractivity contribution >= 4 is 5.97 Å². The molecule has 100 valence electrons. The zero-order valence-corrected chi connectivity index (χ0v) is 11.2. The van der Waals surface area contributed by atoms with Gasteiger partial charge in [-0.3, -0.25) is 4.79 Å². The molecule has 0 spiro atoms. The normalized spacial score (nSPS) is 16.3. The number of esters is 1. The van der Waals surface area contributed by atoms with Gasteiger partial charge in [0.1, 0.15) is 0 Å². The van der Waals surface area contributed by atoms with Gasteiger partial charge < -0.3 is 10.1 Å². The van der Waals surface area contributed by atoms with Crippen molar-refractivity contribution in [1.82, 2.24) is 5.32 Å². The van der Waals surface area contributed by atoms with E-state index >= 15 is 0 Å². The summed E-state index contributed by atoms with van der Waals surface area (Å²) in [7, 11) is 0. The SMILES string of the molecule is CCCCCCCOC(=O)CNC1CCCC1. The molecule has 0 aromatic heterocycles. The molecule has 0 atom stereocenters. The number of ether oxygens (including phenoxy) is 1. The number of carbonyl (C=O) groups excluding carboxylic acids is 1. The fourth-order valence-electron chi connectivity index (χ4n) is 2.30. The Morgan fingerprint density at radius 2 is 1.88 bits per heavy atom. The van der Waals surface area contributed by atoms with Crippen LogP contribution in [0.4, 0.5) is 0 Å². The van der Waals surface area contributed by atoms with Crippen molar-refractivity contribution in [2.75, 3.05) is 13.2 Å². The summed E-state index contributed by atoms with van der Waals surface area (Å²) < 4.78 is 5.18. The van der Waals surface area contributed by atoms with Crippen molar-refractivity contribution in [3.05, 3.63) is 0 Å². The van der Waals surface area contributed by atoms with Crippen LogP contribution in [-0.4, -0.2) is 25.2 Å². The quantitative estimate of drug-likeness (QED) is 0.498.